The minimum atomic E-state index is 0.909. The van der Waals surface area contributed by atoms with Gasteiger partial charge in [-0.05, 0) is 30.0 Å². The van der Waals surface area contributed by atoms with Crippen LogP contribution in [0.1, 0.15) is 24.5 Å². The van der Waals surface area contributed by atoms with Gasteiger partial charge >= 0.3 is 0 Å². The number of allylic oxidation sites excluding steroid dienone is 1. The van der Waals surface area contributed by atoms with Gasteiger partial charge in [0, 0.05) is 5.02 Å². The highest BCUT2D eigenvalue weighted by molar-refractivity contribution is 6.31. The fourth-order valence-corrected chi connectivity index (χ4v) is 1.87. The Hall–Kier alpha value is -0.750. The van der Waals surface area contributed by atoms with Gasteiger partial charge in [-0.1, -0.05) is 42.3 Å². The van der Waals surface area contributed by atoms with Crippen LogP contribution in [-0.2, 0) is 6.42 Å². The maximum absolute atomic E-state index is 6.06. The van der Waals surface area contributed by atoms with Crippen LogP contribution in [0.25, 0.3) is 6.08 Å². The van der Waals surface area contributed by atoms with E-state index < -0.39 is 0 Å². The molecule has 1 aliphatic carbocycles. The number of fused-ring (bicyclic) bond motifs is 1. The van der Waals surface area contributed by atoms with Crippen LogP contribution in [0.3, 0.4) is 0 Å². The third-order valence-corrected chi connectivity index (χ3v) is 2.73. The molecule has 0 spiro atoms. The highest BCUT2D eigenvalue weighted by atomic mass is 35.5. The SMILES string of the molecule is CCC1=Cc2cccc(Cl)c2C1. The second-order valence-electron chi connectivity index (χ2n) is 3.14. The van der Waals surface area contributed by atoms with E-state index in [1.807, 2.05) is 12.1 Å². The Balaban J connectivity index is 2.45. The highest BCUT2D eigenvalue weighted by Crippen LogP contribution is 2.31. The standard InChI is InChI=1S/C11H11Cl/c1-2-8-6-9-4-3-5-11(12)10(9)7-8/h3-6H,2,7H2,1H3. The topological polar surface area (TPSA) is 0 Å². The lowest BCUT2D eigenvalue weighted by Gasteiger charge is -2.00. The Morgan fingerprint density at radius 1 is 1.42 bits per heavy atom. The van der Waals surface area contributed by atoms with E-state index in [9.17, 15) is 0 Å². The van der Waals surface area contributed by atoms with Crippen molar-refractivity contribution in [2.75, 3.05) is 0 Å². The summed E-state index contributed by atoms with van der Waals surface area (Å²) in [4.78, 5) is 0. The Kier molecular flexibility index (Phi) is 1.93. The Bertz CT molecular complexity index is 337. The quantitative estimate of drug-likeness (QED) is 0.616. The molecule has 0 aromatic heterocycles. The van der Waals surface area contributed by atoms with Gasteiger partial charge in [0.15, 0.2) is 0 Å². The van der Waals surface area contributed by atoms with Gasteiger partial charge in [-0.15, -0.1) is 0 Å². The Labute approximate surface area is 77.9 Å². The van der Waals surface area contributed by atoms with Crippen molar-refractivity contribution in [2.45, 2.75) is 19.8 Å². The maximum atomic E-state index is 6.06. The third kappa shape index (κ3) is 1.16. The third-order valence-electron chi connectivity index (χ3n) is 2.37. The smallest absolute Gasteiger partial charge is 0.0447 e. The summed E-state index contributed by atoms with van der Waals surface area (Å²) in [5, 5.41) is 0.909. The molecule has 12 heavy (non-hydrogen) atoms. The van der Waals surface area contributed by atoms with Crippen LogP contribution in [0, 0.1) is 0 Å². The van der Waals surface area contributed by atoms with Crippen LogP contribution in [0.2, 0.25) is 5.02 Å². The molecule has 0 heterocycles. The van der Waals surface area contributed by atoms with Gasteiger partial charge in [0.2, 0.25) is 0 Å². The van der Waals surface area contributed by atoms with Gasteiger partial charge in [0.25, 0.3) is 0 Å². The number of rotatable bonds is 1. The van der Waals surface area contributed by atoms with Crippen LogP contribution in [0.4, 0.5) is 0 Å². The van der Waals surface area contributed by atoms with E-state index in [1.165, 1.54) is 16.7 Å². The second-order valence-corrected chi connectivity index (χ2v) is 3.55. The first-order chi connectivity index (χ1) is 5.81. The zero-order valence-corrected chi connectivity index (χ0v) is 7.86. The summed E-state index contributed by atoms with van der Waals surface area (Å²) >= 11 is 6.06. The van der Waals surface area contributed by atoms with E-state index in [1.54, 1.807) is 0 Å². The van der Waals surface area contributed by atoms with Crippen LogP contribution < -0.4 is 0 Å². The molecule has 2 rings (SSSR count). The van der Waals surface area contributed by atoms with E-state index in [-0.39, 0.29) is 0 Å². The van der Waals surface area contributed by atoms with Crippen molar-refractivity contribution in [2.24, 2.45) is 0 Å². The molecule has 0 N–H and O–H groups in total. The molecular weight excluding hydrogens is 168 g/mol. The number of halogens is 1. The first kappa shape index (κ1) is 7.88. The van der Waals surface area contributed by atoms with Crippen molar-refractivity contribution in [3.05, 3.63) is 39.9 Å². The van der Waals surface area contributed by atoms with Crippen molar-refractivity contribution < 1.29 is 0 Å². The molecule has 62 valence electrons. The van der Waals surface area contributed by atoms with E-state index in [2.05, 4.69) is 19.1 Å². The molecule has 1 aromatic rings. The average Bonchev–Trinajstić information content (AvgIpc) is 2.49. The summed E-state index contributed by atoms with van der Waals surface area (Å²) < 4.78 is 0. The molecule has 0 aliphatic heterocycles. The lowest BCUT2D eigenvalue weighted by Crippen LogP contribution is -1.84. The molecule has 1 aromatic carbocycles. The molecule has 0 saturated heterocycles. The van der Waals surface area contributed by atoms with Gasteiger partial charge < -0.3 is 0 Å². The molecule has 0 nitrogen and oxygen atoms in total. The maximum Gasteiger partial charge on any atom is 0.0447 e. The molecule has 0 saturated carbocycles. The van der Waals surface area contributed by atoms with Crippen molar-refractivity contribution in [1.82, 2.24) is 0 Å². The molecule has 0 amide bonds. The first-order valence-corrected chi connectivity index (χ1v) is 4.66. The lowest BCUT2D eigenvalue weighted by molar-refractivity contribution is 1.04. The van der Waals surface area contributed by atoms with Gasteiger partial charge in [0.1, 0.15) is 0 Å². The van der Waals surface area contributed by atoms with E-state index >= 15 is 0 Å². The van der Waals surface area contributed by atoms with Gasteiger partial charge in [-0.2, -0.15) is 0 Å². The molecular formula is C11H11Cl. The largest absolute Gasteiger partial charge is 0.0840 e. The number of hydrogen-bond donors (Lipinski definition) is 0. The molecule has 1 aliphatic rings. The lowest BCUT2D eigenvalue weighted by atomic mass is 10.1. The van der Waals surface area contributed by atoms with Gasteiger partial charge in [-0.3, -0.25) is 0 Å². The van der Waals surface area contributed by atoms with E-state index in [4.69, 9.17) is 11.6 Å². The summed E-state index contributed by atoms with van der Waals surface area (Å²) in [6.45, 7) is 2.19. The molecule has 0 unspecified atom stereocenters. The minimum absolute atomic E-state index is 0.909. The van der Waals surface area contributed by atoms with Crippen molar-refractivity contribution in [3.8, 4) is 0 Å². The predicted molar refractivity (Wildman–Crippen MR) is 53.4 cm³/mol. The number of hydrogen-bond acceptors (Lipinski definition) is 0. The fourth-order valence-electron chi connectivity index (χ4n) is 1.62. The van der Waals surface area contributed by atoms with E-state index in [0.29, 0.717) is 0 Å². The molecule has 0 bridgehead atoms. The van der Waals surface area contributed by atoms with Crippen LogP contribution >= 0.6 is 11.6 Å². The fraction of sp³-hybridized carbons (Fsp3) is 0.273. The monoisotopic (exact) mass is 178 g/mol. The first-order valence-electron chi connectivity index (χ1n) is 4.28. The van der Waals surface area contributed by atoms with E-state index in [0.717, 1.165) is 17.9 Å². The second kappa shape index (κ2) is 2.95. The molecule has 0 radical (unpaired) electrons. The normalized spacial score (nSPS) is 14.3. The highest BCUT2D eigenvalue weighted by Gasteiger charge is 2.13. The van der Waals surface area contributed by atoms with Crippen molar-refractivity contribution in [1.29, 1.82) is 0 Å². The summed E-state index contributed by atoms with van der Waals surface area (Å²) in [7, 11) is 0. The van der Waals surface area contributed by atoms with Crippen LogP contribution in [-0.4, -0.2) is 0 Å². The summed E-state index contributed by atoms with van der Waals surface area (Å²) in [5.74, 6) is 0. The average molecular weight is 179 g/mol. The predicted octanol–water partition coefficient (Wildman–Crippen LogP) is 3.69. The minimum Gasteiger partial charge on any atom is -0.0840 e. The summed E-state index contributed by atoms with van der Waals surface area (Å²) in [5.41, 5.74) is 4.09. The van der Waals surface area contributed by atoms with Crippen LogP contribution in [0.5, 0.6) is 0 Å². The number of benzene rings is 1. The summed E-state index contributed by atoms with van der Waals surface area (Å²) in [6, 6.07) is 6.10. The molecule has 0 fully saturated rings. The Morgan fingerprint density at radius 2 is 2.25 bits per heavy atom. The zero-order valence-electron chi connectivity index (χ0n) is 7.10. The van der Waals surface area contributed by atoms with Crippen molar-refractivity contribution in [3.63, 3.8) is 0 Å². The molecule has 1 heteroatoms. The molecule has 0 atom stereocenters. The van der Waals surface area contributed by atoms with Crippen LogP contribution in [0.15, 0.2) is 23.8 Å². The van der Waals surface area contributed by atoms with Crippen molar-refractivity contribution >= 4 is 17.7 Å². The zero-order chi connectivity index (χ0) is 8.55. The van der Waals surface area contributed by atoms with Gasteiger partial charge in [0.05, 0.1) is 0 Å². The summed E-state index contributed by atoms with van der Waals surface area (Å²) in [6.07, 6.45) is 4.43. The Morgan fingerprint density at radius 3 is 2.92 bits per heavy atom. The van der Waals surface area contributed by atoms with Gasteiger partial charge in [-0.25, -0.2) is 0 Å².